The molecular formula is C16H25N3O2. The van der Waals surface area contributed by atoms with Crippen LogP contribution in [0.4, 0.5) is 5.82 Å². The van der Waals surface area contributed by atoms with Crippen molar-refractivity contribution in [3.05, 3.63) is 23.9 Å². The fourth-order valence-corrected chi connectivity index (χ4v) is 3.27. The molecule has 0 saturated carbocycles. The van der Waals surface area contributed by atoms with Crippen molar-refractivity contribution in [3.63, 3.8) is 0 Å². The van der Waals surface area contributed by atoms with Crippen LogP contribution in [0.1, 0.15) is 19.4 Å². The molecule has 3 heterocycles. The van der Waals surface area contributed by atoms with Gasteiger partial charge in [0.25, 0.3) is 0 Å². The minimum absolute atomic E-state index is 0.303. The topological polar surface area (TPSA) is 37.8 Å². The van der Waals surface area contributed by atoms with Crippen LogP contribution in [0.15, 0.2) is 18.3 Å². The number of morpholine rings is 2. The minimum Gasteiger partial charge on any atom is -0.378 e. The molecule has 3 rings (SSSR count). The Morgan fingerprint density at radius 2 is 1.90 bits per heavy atom. The van der Waals surface area contributed by atoms with Gasteiger partial charge in [-0.05, 0) is 19.9 Å². The molecule has 0 radical (unpaired) electrons. The number of nitrogens with zero attached hydrogens (tertiary/aromatic N) is 3. The van der Waals surface area contributed by atoms with Crippen LogP contribution in [-0.4, -0.2) is 61.5 Å². The van der Waals surface area contributed by atoms with Gasteiger partial charge in [-0.15, -0.1) is 0 Å². The quantitative estimate of drug-likeness (QED) is 0.844. The van der Waals surface area contributed by atoms with Crippen LogP contribution in [0.3, 0.4) is 0 Å². The Morgan fingerprint density at radius 3 is 2.62 bits per heavy atom. The summed E-state index contributed by atoms with van der Waals surface area (Å²) in [5.74, 6) is 1.12. The number of hydrogen-bond acceptors (Lipinski definition) is 5. The molecule has 2 atom stereocenters. The number of pyridine rings is 1. The van der Waals surface area contributed by atoms with E-state index < -0.39 is 0 Å². The third-order valence-corrected chi connectivity index (χ3v) is 4.07. The molecule has 2 aliphatic rings. The second-order valence-electron chi connectivity index (χ2n) is 6.04. The maximum Gasteiger partial charge on any atom is 0.133 e. The lowest BCUT2D eigenvalue weighted by molar-refractivity contribution is -0.0704. The molecule has 5 nitrogen and oxygen atoms in total. The molecule has 0 aromatic carbocycles. The maximum atomic E-state index is 5.82. The molecule has 0 spiro atoms. The van der Waals surface area contributed by atoms with E-state index >= 15 is 0 Å². The van der Waals surface area contributed by atoms with Crippen LogP contribution in [-0.2, 0) is 16.0 Å². The molecule has 2 aliphatic heterocycles. The maximum absolute atomic E-state index is 5.82. The number of aromatic nitrogens is 1. The van der Waals surface area contributed by atoms with Gasteiger partial charge in [-0.3, -0.25) is 4.90 Å². The number of anilines is 1. The molecule has 2 unspecified atom stereocenters. The third-order valence-electron chi connectivity index (χ3n) is 4.07. The van der Waals surface area contributed by atoms with Crippen molar-refractivity contribution in [2.75, 3.05) is 44.3 Å². The summed E-state index contributed by atoms with van der Waals surface area (Å²) < 4.78 is 11.3. The van der Waals surface area contributed by atoms with E-state index in [1.165, 1.54) is 5.56 Å². The molecule has 1 aromatic heterocycles. The van der Waals surface area contributed by atoms with Crippen LogP contribution in [0.2, 0.25) is 0 Å². The molecule has 21 heavy (non-hydrogen) atoms. The van der Waals surface area contributed by atoms with Gasteiger partial charge < -0.3 is 14.4 Å². The van der Waals surface area contributed by atoms with Gasteiger partial charge in [0, 0.05) is 44.5 Å². The Bertz CT molecular complexity index is 453. The first-order valence-electron chi connectivity index (χ1n) is 7.87. The van der Waals surface area contributed by atoms with Crippen molar-refractivity contribution in [3.8, 4) is 0 Å². The summed E-state index contributed by atoms with van der Waals surface area (Å²) in [7, 11) is 0. The Kier molecular flexibility index (Phi) is 4.73. The van der Waals surface area contributed by atoms with Crippen molar-refractivity contribution in [1.29, 1.82) is 0 Å². The summed E-state index contributed by atoms with van der Waals surface area (Å²) >= 11 is 0. The molecule has 1 aromatic rings. The predicted molar refractivity (Wildman–Crippen MR) is 82.6 cm³/mol. The lowest BCUT2D eigenvalue weighted by atomic mass is 10.1. The van der Waals surface area contributed by atoms with Gasteiger partial charge in [-0.2, -0.15) is 0 Å². The zero-order valence-electron chi connectivity index (χ0n) is 13.0. The van der Waals surface area contributed by atoms with Gasteiger partial charge in [0.1, 0.15) is 5.82 Å². The highest BCUT2D eigenvalue weighted by molar-refractivity contribution is 5.47. The second-order valence-corrected chi connectivity index (χ2v) is 6.04. The van der Waals surface area contributed by atoms with E-state index in [0.29, 0.717) is 12.2 Å². The largest absolute Gasteiger partial charge is 0.378 e. The Hall–Kier alpha value is -1.17. The summed E-state index contributed by atoms with van der Waals surface area (Å²) in [6.45, 7) is 10.7. The number of rotatable bonds is 3. The Labute approximate surface area is 126 Å². The van der Waals surface area contributed by atoms with E-state index in [1.54, 1.807) is 0 Å². The molecule has 0 bridgehead atoms. The predicted octanol–water partition coefficient (Wildman–Crippen LogP) is 1.53. The van der Waals surface area contributed by atoms with Gasteiger partial charge in [0.2, 0.25) is 0 Å². The van der Waals surface area contributed by atoms with Gasteiger partial charge in [-0.25, -0.2) is 4.98 Å². The highest BCUT2D eigenvalue weighted by Gasteiger charge is 2.24. The lowest BCUT2D eigenvalue weighted by Crippen LogP contribution is -2.45. The van der Waals surface area contributed by atoms with Crippen molar-refractivity contribution in [2.45, 2.75) is 32.6 Å². The van der Waals surface area contributed by atoms with E-state index in [-0.39, 0.29) is 0 Å². The van der Waals surface area contributed by atoms with Crippen LogP contribution < -0.4 is 4.90 Å². The Morgan fingerprint density at radius 1 is 1.19 bits per heavy atom. The number of hydrogen-bond donors (Lipinski definition) is 0. The fraction of sp³-hybridized carbons (Fsp3) is 0.688. The average Bonchev–Trinajstić information content (AvgIpc) is 2.48. The monoisotopic (exact) mass is 291 g/mol. The van der Waals surface area contributed by atoms with Crippen molar-refractivity contribution >= 4 is 5.82 Å². The zero-order valence-corrected chi connectivity index (χ0v) is 13.0. The third kappa shape index (κ3) is 3.73. The van der Waals surface area contributed by atoms with E-state index in [4.69, 9.17) is 9.47 Å². The highest BCUT2D eigenvalue weighted by Crippen LogP contribution is 2.22. The van der Waals surface area contributed by atoms with Crippen LogP contribution in [0, 0.1) is 0 Å². The second kappa shape index (κ2) is 6.73. The van der Waals surface area contributed by atoms with E-state index in [9.17, 15) is 0 Å². The first-order chi connectivity index (χ1) is 10.2. The normalized spacial score (nSPS) is 27.8. The molecule has 5 heteroatoms. The minimum atomic E-state index is 0.303. The van der Waals surface area contributed by atoms with Gasteiger partial charge in [0.15, 0.2) is 0 Å². The summed E-state index contributed by atoms with van der Waals surface area (Å²) in [5.41, 5.74) is 1.31. The van der Waals surface area contributed by atoms with Gasteiger partial charge in [-0.1, -0.05) is 6.07 Å². The van der Waals surface area contributed by atoms with Crippen LogP contribution >= 0.6 is 0 Å². The molecule has 0 aliphatic carbocycles. The average molecular weight is 291 g/mol. The zero-order chi connectivity index (χ0) is 14.7. The summed E-state index contributed by atoms with van der Waals surface area (Å²) in [5, 5.41) is 0. The summed E-state index contributed by atoms with van der Waals surface area (Å²) in [6.07, 6.45) is 2.49. The first kappa shape index (κ1) is 14.8. The van der Waals surface area contributed by atoms with Crippen LogP contribution in [0.5, 0.6) is 0 Å². The highest BCUT2D eigenvalue weighted by atomic mass is 16.5. The number of ether oxygens (including phenoxy) is 2. The smallest absolute Gasteiger partial charge is 0.133 e. The van der Waals surface area contributed by atoms with Crippen molar-refractivity contribution in [1.82, 2.24) is 9.88 Å². The SMILES string of the molecule is CC1CN(Cc2cccnc2N2CCOCC2)CC(C)O1. The van der Waals surface area contributed by atoms with Crippen molar-refractivity contribution < 1.29 is 9.47 Å². The molecule has 0 N–H and O–H groups in total. The molecule has 0 amide bonds. The molecule has 116 valence electrons. The summed E-state index contributed by atoms with van der Waals surface area (Å²) in [6, 6.07) is 4.23. The summed E-state index contributed by atoms with van der Waals surface area (Å²) in [4.78, 5) is 9.43. The van der Waals surface area contributed by atoms with Gasteiger partial charge in [0.05, 0.1) is 25.4 Å². The fourth-order valence-electron chi connectivity index (χ4n) is 3.27. The van der Waals surface area contributed by atoms with E-state index in [1.807, 2.05) is 12.3 Å². The molecule has 2 fully saturated rings. The lowest BCUT2D eigenvalue weighted by Gasteiger charge is -2.36. The van der Waals surface area contributed by atoms with Gasteiger partial charge >= 0.3 is 0 Å². The first-order valence-corrected chi connectivity index (χ1v) is 7.87. The molecular weight excluding hydrogens is 266 g/mol. The van der Waals surface area contributed by atoms with E-state index in [0.717, 1.165) is 51.8 Å². The van der Waals surface area contributed by atoms with Crippen molar-refractivity contribution in [2.24, 2.45) is 0 Å². The standard InChI is InChI=1S/C16H25N3O2/c1-13-10-18(11-14(2)21-13)12-15-4-3-5-17-16(15)19-6-8-20-9-7-19/h3-5,13-14H,6-12H2,1-2H3. The van der Waals surface area contributed by atoms with E-state index in [2.05, 4.69) is 34.7 Å². The molecule has 2 saturated heterocycles. The van der Waals surface area contributed by atoms with Crippen LogP contribution in [0.25, 0.3) is 0 Å². The Balaban J connectivity index is 1.72.